The van der Waals surface area contributed by atoms with Gasteiger partial charge in [-0.25, -0.2) is 15.0 Å². The van der Waals surface area contributed by atoms with Crippen LogP contribution in [0.1, 0.15) is 0 Å². The van der Waals surface area contributed by atoms with Crippen LogP contribution in [0.25, 0.3) is 100 Å². The summed E-state index contributed by atoms with van der Waals surface area (Å²) in [6.07, 6.45) is 0. The topological polar surface area (TPSA) is 48.5 Å². The summed E-state index contributed by atoms with van der Waals surface area (Å²) in [6.45, 7) is 0. The molecular formula is C51H33N5. The Morgan fingerprint density at radius 2 is 0.732 bits per heavy atom. The lowest BCUT2D eigenvalue weighted by molar-refractivity contribution is 1.06. The van der Waals surface area contributed by atoms with Crippen molar-refractivity contribution < 1.29 is 0 Å². The predicted molar refractivity (Wildman–Crippen MR) is 230 cm³/mol. The van der Waals surface area contributed by atoms with Crippen molar-refractivity contribution in [3.8, 4) is 56.7 Å². The fraction of sp³-hybridized carbons (Fsp3) is 0. The highest BCUT2D eigenvalue weighted by molar-refractivity contribution is 6.12. The van der Waals surface area contributed by atoms with Gasteiger partial charge in [0.25, 0.3) is 0 Å². The van der Waals surface area contributed by atoms with E-state index in [0.717, 1.165) is 50.2 Å². The smallest absolute Gasteiger partial charge is 0.166 e. The average molecular weight is 716 g/mol. The molecular weight excluding hydrogens is 683 g/mol. The summed E-state index contributed by atoms with van der Waals surface area (Å²) in [5.74, 6) is 1.86. The summed E-state index contributed by atoms with van der Waals surface area (Å²) < 4.78 is 4.77. The molecule has 3 aromatic heterocycles. The van der Waals surface area contributed by atoms with Crippen molar-refractivity contribution in [2.24, 2.45) is 0 Å². The molecule has 0 aliphatic heterocycles. The molecule has 0 saturated carbocycles. The third-order valence-electron chi connectivity index (χ3n) is 10.8. The van der Waals surface area contributed by atoms with E-state index in [1.54, 1.807) is 0 Å². The number of benzene rings is 8. The van der Waals surface area contributed by atoms with Gasteiger partial charge in [0, 0.05) is 43.9 Å². The average Bonchev–Trinajstić information content (AvgIpc) is 3.79. The molecule has 0 atom stereocenters. The highest BCUT2D eigenvalue weighted by Crippen LogP contribution is 2.40. The number of rotatable bonds is 6. The monoisotopic (exact) mass is 715 g/mol. The zero-order valence-electron chi connectivity index (χ0n) is 30.3. The third-order valence-corrected chi connectivity index (χ3v) is 10.8. The summed E-state index contributed by atoms with van der Waals surface area (Å²) in [4.78, 5) is 15.5. The number of aromatic nitrogens is 5. The minimum absolute atomic E-state index is 0.606. The Bertz CT molecular complexity index is 3120. The van der Waals surface area contributed by atoms with Crippen LogP contribution < -0.4 is 0 Å². The van der Waals surface area contributed by atoms with Crippen molar-refractivity contribution in [1.82, 2.24) is 24.1 Å². The third kappa shape index (κ3) is 5.21. The Balaban J connectivity index is 1.22. The zero-order chi connectivity index (χ0) is 37.0. The molecule has 0 radical (unpaired) electrons. The maximum Gasteiger partial charge on any atom is 0.166 e. The van der Waals surface area contributed by atoms with Crippen LogP contribution in [0.5, 0.6) is 0 Å². The van der Waals surface area contributed by atoms with Crippen LogP contribution in [-0.2, 0) is 0 Å². The lowest BCUT2D eigenvalue weighted by Crippen LogP contribution is -2.04. The van der Waals surface area contributed by atoms with Crippen LogP contribution in [0.3, 0.4) is 0 Å². The van der Waals surface area contributed by atoms with E-state index in [1.807, 2.05) is 36.4 Å². The van der Waals surface area contributed by atoms with E-state index < -0.39 is 0 Å². The van der Waals surface area contributed by atoms with Gasteiger partial charge in [-0.3, -0.25) is 0 Å². The van der Waals surface area contributed by atoms with Crippen molar-refractivity contribution in [2.45, 2.75) is 0 Å². The number of nitrogens with zero attached hydrogens (tertiary/aromatic N) is 5. The summed E-state index contributed by atoms with van der Waals surface area (Å²) in [6, 6.07) is 70.4. The first-order valence-electron chi connectivity index (χ1n) is 18.9. The van der Waals surface area contributed by atoms with E-state index in [0.29, 0.717) is 17.5 Å². The summed E-state index contributed by atoms with van der Waals surface area (Å²) >= 11 is 0. The molecule has 0 bridgehead atoms. The first kappa shape index (κ1) is 31.9. The van der Waals surface area contributed by atoms with Crippen LogP contribution in [0, 0.1) is 0 Å². The van der Waals surface area contributed by atoms with Crippen molar-refractivity contribution in [3.63, 3.8) is 0 Å². The minimum Gasteiger partial charge on any atom is -0.309 e. The molecule has 5 heteroatoms. The molecule has 11 aromatic rings. The van der Waals surface area contributed by atoms with Gasteiger partial charge in [-0.2, -0.15) is 0 Å². The molecule has 0 amide bonds. The molecule has 0 aliphatic carbocycles. The fourth-order valence-electron chi connectivity index (χ4n) is 8.21. The maximum absolute atomic E-state index is 5.25. The standard InChI is InChI=1S/C51H33N5/c1-4-16-34(17-5-1)37-28-31-47(43(32-37)51-53-49(35-18-6-2-7-19-35)52-50(54-51)36-20-8-3-9-21-36)56-46-27-15-12-24-41(46)42-30-29-38(33-48(42)56)55-44-25-13-10-22-39(44)40-23-11-14-26-45(40)55/h1-33H. The van der Waals surface area contributed by atoms with E-state index in [4.69, 9.17) is 15.0 Å². The van der Waals surface area contributed by atoms with E-state index in [-0.39, 0.29) is 0 Å². The Kier molecular flexibility index (Phi) is 7.42. The lowest BCUT2D eigenvalue weighted by Gasteiger charge is -2.17. The largest absolute Gasteiger partial charge is 0.309 e. The van der Waals surface area contributed by atoms with Crippen LogP contribution in [0.4, 0.5) is 0 Å². The van der Waals surface area contributed by atoms with Crippen LogP contribution in [0.15, 0.2) is 200 Å². The zero-order valence-corrected chi connectivity index (χ0v) is 30.3. The second-order valence-corrected chi connectivity index (χ2v) is 14.1. The van der Waals surface area contributed by atoms with Crippen LogP contribution in [0.2, 0.25) is 0 Å². The van der Waals surface area contributed by atoms with Gasteiger partial charge in [0.2, 0.25) is 0 Å². The first-order chi connectivity index (χ1) is 27.8. The Labute approximate surface area is 323 Å². The maximum atomic E-state index is 5.25. The van der Waals surface area contributed by atoms with Gasteiger partial charge < -0.3 is 9.13 Å². The second kappa shape index (κ2) is 13.0. The molecule has 11 rings (SSSR count). The molecule has 5 nitrogen and oxygen atoms in total. The molecule has 8 aromatic carbocycles. The van der Waals surface area contributed by atoms with Crippen molar-refractivity contribution >= 4 is 43.6 Å². The number of hydrogen-bond donors (Lipinski definition) is 0. The Hall–Kier alpha value is -7.63. The normalized spacial score (nSPS) is 11.6. The van der Waals surface area contributed by atoms with E-state index in [1.165, 1.54) is 32.6 Å². The Morgan fingerprint density at radius 1 is 0.286 bits per heavy atom. The van der Waals surface area contributed by atoms with E-state index >= 15 is 0 Å². The van der Waals surface area contributed by atoms with E-state index in [9.17, 15) is 0 Å². The van der Waals surface area contributed by atoms with Gasteiger partial charge in [0.05, 0.1) is 27.8 Å². The summed E-state index contributed by atoms with van der Waals surface area (Å²) in [5, 5.41) is 4.83. The number of para-hydroxylation sites is 3. The van der Waals surface area contributed by atoms with Gasteiger partial charge in [-0.15, -0.1) is 0 Å². The molecule has 3 heterocycles. The first-order valence-corrected chi connectivity index (χ1v) is 18.9. The van der Waals surface area contributed by atoms with Gasteiger partial charge in [0.15, 0.2) is 17.5 Å². The van der Waals surface area contributed by atoms with Crippen molar-refractivity contribution in [1.29, 1.82) is 0 Å². The molecule has 0 unspecified atom stereocenters. The number of fused-ring (bicyclic) bond motifs is 6. The SMILES string of the molecule is c1ccc(-c2ccc(-n3c4ccccc4c4ccc(-n5c6ccccc6c6ccccc65)cc43)c(-c3nc(-c4ccccc4)nc(-c4ccccc4)n3)c2)cc1. The Morgan fingerprint density at radius 3 is 1.29 bits per heavy atom. The van der Waals surface area contributed by atoms with Crippen molar-refractivity contribution in [2.75, 3.05) is 0 Å². The minimum atomic E-state index is 0.606. The van der Waals surface area contributed by atoms with E-state index in [2.05, 4.69) is 173 Å². The summed E-state index contributed by atoms with van der Waals surface area (Å²) in [7, 11) is 0. The molecule has 0 N–H and O–H groups in total. The highest BCUT2D eigenvalue weighted by Gasteiger charge is 2.21. The van der Waals surface area contributed by atoms with Crippen LogP contribution in [-0.4, -0.2) is 24.1 Å². The fourth-order valence-corrected chi connectivity index (χ4v) is 8.21. The van der Waals surface area contributed by atoms with Gasteiger partial charge in [0.1, 0.15) is 0 Å². The summed E-state index contributed by atoms with van der Waals surface area (Å²) in [5.41, 5.74) is 11.6. The molecule has 0 fully saturated rings. The number of hydrogen-bond acceptors (Lipinski definition) is 3. The molecule has 0 spiro atoms. The lowest BCUT2D eigenvalue weighted by atomic mass is 10.0. The quantitative estimate of drug-likeness (QED) is 0.172. The molecule has 0 saturated heterocycles. The van der Waals surface area contributed by atoms with Gasteiger partial charge in [-0.05, 0) is 53.6 Å². The van der Waals surface area contributed by atoms with Gasteiger partial charge >= 0.3 is 0 Å². The highest BCUT2D eigenvalue weighted by atomic mass is 15.1. The van der Waals surface area contributed by atoms with Gasteiger partial charge in [-0.1, -0.05) is 158 Å². The predicted octanol–water partition coefficient (Wildman–Crippen LogP) is 12.7. The molecule has 56 heavy (non-hydrogen) atoms. The van der Waals surface area contributed by atoms with Crippen LogP contribution >= 0.6 is 0 Å². The second-order valence-electron chi connectivity index (χ2n) is 14.1. The van der Waals surface area contributed by atoms with Crippen molar-refractivity contribution in [3.05, 3.63) is 200 Å². The molecule has 262 valence electrons. The molecule has 0 aliphatic rings.